The van der Waals surface area contributed by atoms with Crippen LogP contribution in [-0.4, -0.2) is 91.9 Å². The molecule has 1 aromatic carbocycles. The summed E-state index contributed by atoms with van der Waals surface area (Å²) in [4.78, 5) is 33.8. The highest BCUT2D eigenvalue weighted by Gasteiger charge is 2.53. The number of fused-ring (bicyclic) bond motifs is 1. The number of ether oxygens (including phenoxy) is 3. The van der Waals surface area contributed by atoms with Gasteiger partial charge in [0, 0.05) is 48.9 Å². The predicted molar refractivity (Wildman–Crippen MR) is 154 cm³/mol. The second-order valence-corrected chi connectivity index (χ2v) is 10.9. The van der Waals surface area contributed by atoms with Crippen molar-refractivity contribution < 1.29 is 39.1 Å². The van der Waals surface area contributed by atoms with Gasteiger partial charge in [0.05, 0.1) is 11.8 Å². The Kier molecular flexibility index (Phi) is 11.1. The normalized spacial score (nSPS) is 24.9. The van der Waals surface area contributed by atoms with Crippen molar-refractivity contribution in [3.63, 3.8) is 0 Å². The van der Waals surface area contributed by atoms with Crippen LogP contribution in [0, 0.1) is 6.92 Å². The van der Waals surface area contributed by atoms with Crippen LogP contribution >= 0.6 is 0 Å². The first-order valence-electron chi connectivity index (χ1n) is 14.5. The van der Waals surface area contributed by atoms with Gasteiger partial charge in [0.2, 0.25) is 11.7 Å². The van der Waals surface area contributed by atoms with Crippen molar-refractivity contribution in [2.75, 3.05) is 13.2 Å². The minimum atomic E-state index is -1.59. The monoisotopic (exact) mass is 586 g/mol. The number of H-pyrrole nitrogens is 2. The molecule has 1 aliphatic rings. The van der Waals surface area contributed by atoms with Gasteiger partial charge in [-0.2, -0.15) is 0 Å². The number of carbonyl (C=O) groups is 2. The van der Waals surface area contributed by atoms with Crippen LogP contribution in [0.1, 0.15) is 73.9 Å². The number of aliphatic hydroxyl groups excluding tert-OH is 3. The number of carbonyl (C=O) groups excluding carboxylic acids is 2. The van der Waals surface area contributed by atoms with Gasteiger partial charge in [0.15, 0.2) is 6.10 Å². The summed E-state index contributed by atoms with van der Waals surface area (Å²) in [6, 6.07) is 7.70. The lowest BCUT2D eigenvalue weighted by Gasteiger charge is -2.45. The first-order valence-corrected chi connectivity index (χ1v) is 14.5. The Labute approximate surface area is 244 Å². The summed E-state index contributed by atoms with van der Waals surface area (Å²) >= 11 is 0. The molecule has 6 N–H and O–H groups in total. The van der Waals surface area contributed by atoms with Gasteiger partial charge in [-0.25, -0.2) is 9.78 Å². The molecule has 7 atom stereocenters. The molecule has 1 fully saturated rings. The van der Waals surface area contributed by atoms with Crippen LogP contribution in [0.2, 0.25) is 0 Å². The number of hydrogen-bond acceptors (Lipinski definition) is 9. The van der Waals surface area contributed by atoms with Gasteiger partial charge in [-0.05, 0) is 32.8 Å². The zero-order valence-corrected chi connectivity index (χ0v) is 24.3. The van der Waals surface area contributed by atoms with Crippen molar-refractivity contribution in [1.29, 1.82) is 0 Å². The molecule has 0 bridgehead atoms. The van der Waals surface area contributed by atoms with Crippen LogP contribution in [0.25, 0.3) is 10.9 Å². The van der Waals surface area contributed by atoms with Crippen LogP contribution in [0.4, 0.5) is 0 Å². The maximum absolute atomic E-state index is 12.9. The van der Waals surface area contributed by atoms with Crippen LogP contribution in [0.15, 0.2) is 36.7 Å². The average Bonchev–Trinajstić information content (AvgIpc) is 3.60. The fourth-order valence-electron chi connectivity index (χ4n) is 5.34. The maximum atomic E-state index is 12.9. The standard InChI is InChI=1S/C30H42N4O8/c1-17-15-33-29(34-17)30(39)42-27-24(37)23(36)26(40-14-10-6-4-5-9-13-31-19(3)35)25(38)28(27)41-18(2)21-16-32-22-12-8-7-11-20(21)22/h7-8,11-12,15-16,18,23-28,32,36-38H,4-6,9-10,13-14H2,1-3H3,(H,31,35)(H,33,34). The summed E-state index contributed by atoms with van der Waals surface area (Å²) < 4.78 is 17.8. The van der Waals surface area contributed by atoms with E-state index >= 15 is 0 Å². The molecule has 0 aliphatic heterocycles. The molecule has 0 spiro atoms. The number of aryl methyl sites for hydroxylation is 1. The minimum Gasteiger partial charge on any atom is -0.451 e. The zero-order chi connectivity index (χ0) is 30.2. The number of imidazole rings is 1. The summed E-state index contributed by atoms with van der Waals surface area (Å²) in [5.74, 6) is -0.957. The van der Waals surface area contributed by atoms with Crippen LogP contribution in [0.5, 0.6) is 0 Å². The number of amides is 1. The molecule has 1 aliphatic carbocycles. The van der Waals surface area contributed by atoms with E-state index in [4.69, 9.17) is 14.2 Å². The molecule has 230 valence electrons. The SMILES string of the molecule is CC(=O)NCCCCCCCOC1C(O)C(O)C(OC(=O)c2nc(C)c[nH]2)C(OC(C)c2c[nH]c3ccccc23)C1O. The third-order valence-electron chi connectivity index (χ3n) is 7.59. The second kappa shape index (κ2) is 14.7. The Hall–Kier alpha value is -3.29. The van der Waals surface area contributed by atoms with Gasteiger partial charge >= 0.3 is 5.97 Å². The Morgan fingerprint density at radius 1 is 0.952 bits per heavy atom. The molecule has 1 saturated carbocycles. The fraction of sp³-hybridized carbons (Fsp3) is 0.567. The van der Waals surface area contributed by atoms with E-state index in [1.807, 2.05) is 30.5 Å². The van der Waals surface area contributed by atoms with Crippen LogP contribution < -0.4 is 5.32 Å². The number of nitrogens with one attached hydrogen (secondary N) is 3. The van der Waals surface area contributed by atoms with E-state index in [9.17, 15) is 24.9 Å². The Morgan fingerprint density at radius 3 is 2.40 bits per heavy atom. The molecule has 2 aromatic heterocycles. The number of hydrogen-bond donors (Lipinski definition) is 6. The summed E-state index contributed by atoms with van der Waals surface area (Å²) in [5.41, 5.74) is 2.31. The lowest BCUT2D eigenvalue weighted by molar-refractivity contribution is -0.253. The summed E-state index contributed by atoms with van der Waals surface area (Å²) in [6.45, 7) is 5.90. The third kappa shape index (κ3) is 7.75. The number of aliphatic hydroxyl groups is 3. The van der Waals surface area contributed by atoms with E-state index in [0.717, 1.165) is 42.1 Å². The highest BCUT2D eigenvalue weighted by atomic mass is 16.6. The van der Waals surface area contributed by atoms with Gasteiger partial charge in [-0.15, -0.1) is 0 Å². The van der Waals surface area contributed by atoms with Crippen molar-refractivity contribution >= 4 is 22.8 Å². The summed E-state index contributed by atoms with van der Waals surface area (Å²) in [6.07, 6.45) is -1.21. The molecular formula is C30H42N4O8. The average molecular weight is 587 g/mol. The van der Waals surface area contributed by atoms with E-state index in [-0.39, 0.29) is 18.3 Å². The molecule has 3 aromatic rings. The first kappa shape index (κ1) is 31.6. The van der Waals surface area contributed by atoms with Crippen LogP contribution in [-0.2, 0) is 19.0 Å². The predicted octanol–water partition coefficient (Wildman–Crippen LogP) is 2.44. The Balaban J connectivity index is 1.43. The number of aromatic nitrogens is 3. The van der Waals surface area contributed by atoms with Crippen molar-refractivity contribution in [1.82, 2.24) is 20.3 Å². The molecule has 42 heavy (non-hydrogen) atoms. The zero-order valence-electron chi connectivity index (χ0n) is 24.3. The molecule has 7 unspecified atom stereocenters. The Morgan fingerprint density at radius 2 is 1.67 bits per heavy atom. The number of unbranched alkanes of at least 4 members (excludes halogenated alkanes) is 4. The van der Waals surface area contributed by atoms with E-state index in [2.05, 4.69) is 20.3 Å². The van der Waals surface area contributed by atoms with Gasteiger partial charge in [-0.1, -0.05) is 37.5 Å². The third-order valence-corrected chi connectivity index (χ3v) is 7.59. The first-order chi connectivity index (χ1) is 20.2. The maximum Gasteiger partial charge on any atom is 0.374 e. The van der Waals surface area contributed by atoms with E-state index in [0.29, 0.717) is 18.7 Å². The van der Waals surface area contributed by atoms with E-state index in [1.165, 1.54) is 13.1 Å². The van der Waals surface area contributed by atoms with Crippen molar-refractivity contribution in [2.24, 2.45) is 0 Å². The molecule has 4 rings (SSSR count). The summed E-state index contributed by atoms with van der Waals surface area (Å²) in [5, 5.41) is 37.2. The van der Waals surface area contributed by atoms with Gasteiger partial charge in [-0.3, -0.25) is 4.79 Å². The number of esters is 1. The number of aromatic amines is 2. The second-order valence-electron chi connectivity index (χ2n) is 10.9. The van der Waals surface area contributed by atoms with Gasteiger partial charge in [0.25, 0.3) is 0 Å². The topological polar surface area (TPSA) is 179 Å². The Bertz CT molecular complexity index is 1310. The highest BCUT2D eigenvalue weighted by molar-refractivity contribution is 5.85. The van der Waals surface area contributed by atoms with Gasteiger partial charge < -0.3 is 44.8 Å². The molecule has 12 heteroatoms. The summed E-state index contributed by atoms with van der Waals surface area (Å²) in [7, 11) is 0. The molecular weight excluding hydrogens is 544 g/mol. The molecule has 0 saturated heterocycles. The smallest absolute Gasteiger partial charge is 0.374 e. The highest BCUT2D eigenvalue weighted by Crippen LogP contribution is 2.34. The molecule has 2 heterocycles. The van der Waals surface area contributed by atoms with E-state index in [1.54, 1.807) is 13.8 Å². The van der Waals surface area contributed by atoms with Crippen molar-refractivity contribution in [3.8, 4) is 0 Å². The number of benzene rings is 1. The van der Waals surface area contributed by atoms with Crippen molar-refractivity contribution in [3.05, 3.63) is 53.7 Å². The minimum absolute atomic E-state index is 0.0404. The van der Waals surface area contributed by atoms with Gasteiger partial charge in [0.1, 0.15) is 30.5 Å². The van der Waals surface area contributed by atoms with E-state index < -0.39 is 48.7 Å². The largest absolute Gasteiger partial charge is 0.451 e. The lowest BCUT2D eigenvalue weighted by atomic mass is 9.84. The molecule has 12 nitrogen and oxygen atoms in total. The number of nitrogens with zero attached hydrogens (tertiary/aromatic N) is 1. The molecule has 1 amide bonds. The lowest BCUT2D eigenvalue weighted by Crippen LogP contribution is -2.66. The molecule has 0 radical (unpaired) electrons. The fourth-order valence-corrected chi connectivity index (χ4v) is 5.34. The van der Waals surface area contributed by atoms with Crippen LogP contribution in [0.3, 0.4) is 0 Å². The van der Waals surface area contributed by atoms with Crippen molar-refractivity contribution in [2.45, 2.75) is 95.6 Å². The quantitative estimate of drug-likeness (QED) is 0.122. The number of para-hydroxylation sites is 1. The number of rotatable bonds is 14.